The molecule has 0 rings (SSSR count). The average Bonchev–Trinajstić information content (AvgIpc) is 1.37. The van der Waals surface area contributed by atoms with E-state index in [0.717, 1.165) is 0 Å². The van der Waals surface area contributed by atoms with Crippen LogP contribution in [0, 0.1) is 0 Å². The molecule has 0 aromatic rings. The second-order valence-electron chi connectivity index (χ2n) is 0.149. The fraction of sp³-hybridized carbons (Fsp3) is 0. The van der Waals surface area contributed by atoms with Crippen molar-refractivity contribution in [3.05, 3.63) is 0 Å². The first-order valence-electron chi connectivity index (χ1n) is 0.532. The summed E-state index contributed by atoms with van der Waals surface area (Å²) < 4.78 is 0. The molecule has 7 heteroatoms. The molecule has 0 unspecified atom stereocenters. The maximum absolute atomic E-state index is 6.90. The van der Waals surface area contributed by atoms with Crippen molar-refractivity contribution in [1.82, 2.24) is 0 Å². The van der Waals surface area contributed by atoms with Gasteiger partial charge in [-0.05, 0) is 10.1 Å². The van der Waals surface area contributed by atoms with Crippen LogP contribution in [0.2, 0.25) is 0 Å². The quantitative estimate of drug-likeness (QED) is 0.213. The molecule has 0 spiro atoms. The summed E-state index contributed by atoms with van der Waals surface area (Å²) in [5.74, 6) is 0. The van der Waals surface area contributed by atoms with E-state index in [1.54, 1.807) is 0 Å². The zero-order chi connectivity index (χ0) is 3.41. The predicted molar refractivity (Wildman–Crippen MR) is 7.43 cm³/mol. The van der Waals surface area contributed by atoms with Crippen LogP contribution < -0.4 is 88.7 Å². The smallest absolute Gasteiger partial charge is 0.219 e. The summed E-state index contributed by atoms with van der Waals surface area (Å²) >= 11 is 0. The van der Waals surface area contributed by atoms with Crippen LogP contribution in [-0.2, 0) is 10.1 Å². The van der Waals surface area contributed by atoms with E-state index in [1.165, 1.54) is 0 Å². The van der Waals surface area contributed by atoms with E-state index >= 15 is 0 Å². The van der Waals surface area contributed by atoms with E-state index in [-0.39, 0.29) is 88.7 Å². The summed E-state index contributed by atoms with van der Waals surface area (Å²) in [6.07, 6.45) is 0. The van der Waals surface area contributed by atoms with E-state index in [2.05, 4.69) is 10.1 Å². The van der Waals surface area contributed by atoms with Crippen LogP contribution in [-0.4, -0.2) is 10.5 Å². The molecule has 0 bridgehead atoms. The number of rotatable bonds is 1. The molecule has 0 radical (unpaired) electrons. The number of hydrogen-bond acceptors (Lipinski definition) is 4. The third-order valence-corrected chi connectivity index (χ3v) is 0.0333. The predicted octanol–water partition coefficient (Wildman–Crippen LogP) is -9.11. The Kier molecular flexibility index (Phi) is 74.7. The Labute approximate surface area is 107 Å². The fourth-order valence-electron chi connectivity index (χ4n) is 0. The van der Waals surface area contributed by atoms with Crippen molar-refractivity contribution in [2.45, 2.75) is 0 Å². The molecule has 26 valence electrons. The van der Waals surface area contributed by atoms with Crippen LogP contribution in [0.25, 0.3) is 0 Å². The summed E-state index contributed by atoms with van der Waals surface area (Å²) in [5.41, 5.74) is 0. The van der Waals surface area contributed by atoms with E-state index in [4.69, 9.17) is 10.5 Å². The first-order chi connectivity index (χ1) is 1.91. The maximum atomic E-state index is 6.90. The Hall–Kier alpha value is 2.84. The third kappa shape index (κ3) is 28.0. The van der Waals surface area contributed by atoms with Crippen LogP contribution in [0.3, 0.4) is 0 Å². The molecule has 0 amide bonds. The van der Waals surface area contributed by atoms with E-state index in [9.17, 15) is 0 Å². The van der Waals surface area contributed by atoms with Crippen molar-refractivity contribution in [3.8, 4) is 0 Å². The summed E-state index contributed by atoms with van der Waals surface area (Å²) in [6.45, 7) is 0. The van der Waals surface area contributed by atoms with E-state index in [1.807, 2.05) is 0 Å². The van der Waals surface area contributed by atoms with Gasteiger partial charge in [0.2, 0.25) is 0 Å². The zero-order valence-corrected chi connectivity index (χ0v) is 10.7. The second-order valence-corrected chi connectivity index (χ2v) is 0.149. The topological polar surface area (TPSA) is 58.9 Å². The summed E-state index contributed by atoms with van der Waals surface area (Å²) in [6, 6.07) is 0. The molecule has 0 aliphatic rings. The van der Waals surface area contributed by atoms with Gasteiger partial charge < -0.3 is 0 Å². The second kappa shape index (κ2) is 23.2. The van der Waals surface area contributed by atoms with Crippen molar-refractivity contribution in [3.63, 3.8) is 0 Å². The van der Waals surface area contributed by atoms with Crippen molar-refractivity contribution in [2.75, 3.05) is 0 Å². The monoisotopic (exact) mass is 135 g/mol. The summed E-state index contributed by atoms with van der Waals surface area (Å²) in [7, 11) is 0. The van der Waals surface area contributed by atoms with Gasteiger partial charge in [-0.2, -0.15) is 0 Å². The SMILES string of the molecule is OOOO.[Na+].[Na+].[Na+]. The Morgan fingerprint density at radius 3 is 0.857 bits per heavy atom. The molecule has 0 aromatic heterocycles. The van der Waals surface area contributed by atoms with Crippen LogP contribution in [0.5, 0.6) is 0 Å². The Bertz CT molecular complexity index is 8.90. The first kappa shape index (κ1) is 22.5. The van der Waals surface area contributed by atoms with Crippen molar-refractivity contribution in [2.24, 2.45) is 0 Å². The van der Waals surface area contributed by atoms with Crippen LogP contribution in [0.1, 0.15) is 0 Å². The van der Waals surface area contributed by atoms with Crippen LogP contribution in [0.4, 0.5) is 0 Å². The average molecular weight is 135 g/mol. The Morgan fingerprint density at radius 1 is 0.714 bits per heavy atom. The molecular formula is H2Na3O4+3. The summed E-state index contributed by atoms with van der Waals surface area (Å²) in [5, 5.41) is 19.0. The molecule has 2 N–H and O–H groups in total. The molecule has 0 saturated heterocycles. The van der Waals surface area contributed by atoms with Crippen molar-refractivity contribution in [1.29, 1.82) is 0 Å². The Morgan fingerprint density at radius 2 is 0.857 bits per heavy atom. The van der Waals surface area contributed by atoms with Gasteiger partial charge >= 0.3 is 88.7 Å². The van der Waals surface area contributed by atoms with Gasteiger partial charge in [0.1, 0.15) is 0 Å². The molecule has 0 fully saturated rings. The molecule has 4 nitrogen and oxygen atoms in total. The maximum Gasteiger partial charge on any atom is 1.00 e. The molecule has 0 atom stereocenters. The van der Waals surface area contributed by atoms with E-state index in [0.29, 0.717) is 0 Å². The molecule has 0 saturated carbocycles. The Balaban J connectivity index is -0.0000000150. The molecule has 7 heavy (non-hydrogen) atoms. The number of hydrogen-bond donors (Lipinski definition) is 2. The molecular weight excluding hydrogens is 133 g/mol. The van der Waals surface area contributed by atoms with Gasteiger partial charge in [-0.25, -0.2) is 10.5 Å². The molecule has 0 heterocycles. The minimum Gasteiger partial charge on any atom is -0.219 e. The molecule has 0 aliphatic heterocycles. The van der Waals surface area contributed by atoms with Gasteiger partial charge in [0, 0.05) is 0 Å². The van der Waals surface area contributed by atoms with Gasteiger partial charge in [0.25, 0.3) is 0 Å². The fourth-order valence-corrected chi connectivity index (χ4v) is 0. The largest absolute Gasteiger partial charge is 1.00 e. The minimum absolute atomic E-state index is 0. The zero-order valence-electron chi connectivity index (χ0n) is 4.71. The van der Waals surface area contributed by atoms with Crippen molar-refractivity contribution < 1.29 is 109 Å². The van der Waals surface area contributed by atoms with Gasteiger partial charge in [-0.1, -0.05) is 0 Å². The summed E-state index contributed by atoms with van der Waals surface area (Å²) in [4.78, 5) is 0. The van der Waals surface area contributed by atoms with Crippen LogP contribution >= 0.6 is 0 Å². The van der Waals surface area contributed by atoms with Crippen molar-refractivity contribution >= 4 is 0 Å². The normalized spacial score (nSPS) is 4.29. The van der Waals surface area contributed by atoms with E-state index < -0.39 is 0 Å². The minimum atomic E-state index is 0. The molecule has 0 aliphatic carbocycles. The standard InChI is InChI=1S/3Na.H2O4/c;;;1-3-4-2/h;;;1-2H/q3*+1;. The van der Waals surface area contributed by atoms with Gasteiger partial charge in [-0.15, -0.1) is 0 Å². The van der Waals surface area contributed by atoms with Gasteiger partial charge in [0.05, 0.1) is 0 Å². The van der Waals surface area contributed by atoms with Gasteiger partial charge in [-0.3, -0.25) is 0 Å². The van der Waals surface area contributed by atoms with Crippen LogP contribution in [0.15, 0.2) is 0 Å². The van der Waals surface area contributed by atoms with Gasteiger partial charge in [0.15, 0.2) is 0 Å². The first-order valence-corrected chi connectivity index (χ1v) is 0.532. The third-order valence-electron chi connectivity index (χ3n) is 0.0333. The molecule has 0 aromatic carbocycles.